The number of rotatable bonds is 4. The first-order valence-electron chi connectivity index (χ1n) is 10.8. The summed E-state index contributed by atoms with van der Waals surface area (Å²) in [6.45, 7) is 10.2. The first kappa shape index (κ1) is 19.7. The van der Waals surface area contributed by atoms with Gasteiger partial charge in [0.25, 0.3) is 5.91 Å². The summed E-state index contributed by atoms with van der Waals surface area (Å²) in [6, 6.07) is 9.15. The molecule has 0 unspecified atom stereocenters. The van der Waals surface area contributed by atoms with Gasteiger partial charge in [0.1, 0.15) is 0 Å². The molecule has 0 radical (unpaired) electrons. The van der Waals surface area contributed by atoms with Gasteiger partial charge in [0, 0.05) is 17.5 Å². The molecule has 1 saturated carbocycles. The summed E-state index contributed by atoms with van der Waals surface area (Å²) >= 11 is 1.58. The van der Waals surface area contributed by atoms with Gasteiger partial charge in [-0.25, -0.2) is 0 Å². The Kier molecular flexibility index (Phi) is 5.16. The van der Waals surface area contributed by atoms with E-state index in [9.17, 15) is 4.79 Å². The zero-order valence-corrected chi connectivity index (χ0v) is 18.5. The molecule has 150 valence electrons. The molecule has 2 aromatic rings. The van der Waals surface area contributed by atoms with Gasteiger partial charge in [0.2, 0.25) is 0 Å². The monoisotopic (exact) mass is 395 g/mol. The van der Waals surface area contributed by atoms with Crippen LogP contribution in [0.15, 0.2) is 35.0 Å². The number of aryl methyl sites for hydroxylation is 1. The predicted molar refractivity (Wildman–Crippen MR) is 118 cm³/mol. The number of carbonyl (C=O) groups is 1. The Morgan fingerprint density at radius 3 is 2.79 bits per heavy atom. The lowest BCUT2D eigenvalue weighted by Gasteiger charge is -2.55. The van der Waals surface area contributed by atoms with Gasteiger partial charge in [-0.15, -0.1) is 0 Å². The second-order valence-corrected chi connectivity index (χ2v) is 10.6. The van der Waals surface area contributed by atoms with Crippen molar-refractivity contribution in [3.8, 4) is 0 Å². The maximum atomic E-state index is 12.5. The van der Waals surface area contributed by atoms with Gasteiger partial charge >= 0.3 is 0 Å². The Labute approximate surface area is 173 Å². The molecule has 0 saturated heterocycles. The fourth-order valence-electron chi connectivity index (χ4n) is 5.99. The molecule has 28 heavy (non-hydrogen) atoms. The van der Waals surface area contributed by atoms with Gasteiger partial charge < -0.3 is 5.32 Å². The number of nitrogens with one attached hydrogen (secondary N) is 1. The highest BCUT2D eigenvalue weighted by atomic mass is 32.1. The molecule has 3 atom stereocenters. The van der Waals surface area contributed by atoms with Crippen molar-refractivity contribution in [2.24, 2.45) is 11.3 Å². The Morgan fingerprint density at radius 1 is 1.25 bits per heavy atom. The minimum Gasteiger partial charge on any atom is -0.351 e. The van der Waals surface area contributed by atoms with E-state index in [2.05, 4.69) is 51.2 Å². The van der Waals surface area contributed by atoms with Gasteiger partial charge in [-0.1, -0.05) is 52.3 Å². The maximum Gasteiger partial charge on any atom is 0.252 e. The highest BCUT2D eigenvalue weighted by Gasteiger charge is 2.51. The number of thiophene rings is 1. The van der Waals surface area contributed by atoms with Crippen molar-refractivity contribution < 1.29 is 4.79 Å². The fraction of sp³-hybridized carbons (Fsp3) is 0.560. The molecule has 1 heterocycles. The van der Waals surface area contributed by atoms with Crippen molar-refractivity contribution in [1.29, 1.82) is 0 Å². The third-order valence-corrected chi connectivity index (χ3v) is 8.29. The smallest absolute Gasteiger partial charge is 0.252 e. The summed E-state index contributed by atoms with van der Waals surface area (Å²) in [6.07, 6.45) is 6.11. The number of hydrogen-bond donors (Lipinski definition) is 1. The van der Waals surface area contributed by atoms with E-state index >= 15 is 0 Å². The average Bonchev–Trinajstić information content (AvgIpc) is 3.20. The van der Waals surface area contributed by atoms with Gasteiger partial charge in [-0.05, 0) is 76.5 Å². The van der Waals surface area contributed by atoms with Crippen molar-refractivity contribution in [3.05, 3.63) is 57.3 Å². The van der Waals surface area contributed by atoms with Gasteiger partial charge in [0.05, 0.1) is 0 Å². The minimum atomic E-state index is 0.0764. The summed E-state index contributed by atoms with van der Waals surface area (Å²) < 4.78 is 0. The van der Waals surface area contributed by atoms with Crippen molar-refractivity contribution in [2.45, 2.75) is 71.1 Å². The van der Waals surface area contributed by atoms with E-state index in [1.54, 1.807) is 22.5 Å². The molecule has 1 aromatic carbocycles. The van der Waals surface area contributed by atoms with E-state index in [-0.39, 0.29) is 16.7 Å². The molecule has 0 aliphatic heterocycles. The first-order chi connectivity index (χ1) is 13.3. The van der Waals surface area contributed by atoms with E-state index in [4.69, 9.17) is 0 Å². The molecule has 3 heteroatoms. The van der Waals surface area contributed by atoms with E-state index in [0.29, 0.717) is 11.8 Å². The maximum absolute atomic E-state index is 12.5. The lowest BCUT2D eigenvalue weighted by atomic mass is 9.49. The van der Waals surface area contributed by atoms with Crippen LogP contribution < -0.4 is 5.32 Å². The zero-order chi connectivity index (χ0) is 19.9. The number of hydrogen-bond acceptors (Lipinski definition) is 2. The van der Waals surface area contributed by atoms with Crippen LogP contribution in [0.4, 0.5) is 0 Å². The number of fused-ring (bicyclic) bond motifs is 3. The second-order valence-electron chi connectivity index (χ2n) is 9.78. The summed E-state index contributed by atoms with van der Waals surface area (Å²) in [5.41, 5.74) is 5.78. The van der Waals surface area contributed by atoms with Crippen LogP contribution in [-0.4, -0.2) is 12.5 Å². The lowest BCUT2D eigenvalue weighted by Crippen LogP contribution is -2.53. The Balaban J connectivity index is 1.58. The normalized spacial score (nSPS) is 29.2. The SMILES string of the molecule is CC(C)c1ccc2c(c1)CC[C@H]1[C@](C)(CNC(=O)c3ccsc3)CCC[C@]21C. The van der Waals surface area contributed by atoms with Crippen LogP contribution in [0, 0.1) is 11.3 Å². The summed E-state index contributed by atoms with van der Waals surface area (Å²) in [7, 11) is 0. The van der Waals surface area contributed by atoms with Crippen LogP contribution >= 0.6 is 11.3 Å². The van der Waals surface area contributed by atoms with E-state index in [0.717, 1.165) is 12.1 Å². The van der Waals surface area contributed by atoms with Crippen molar-refractivity contribution >= 4 is 17.2 Å². The van der Waals surface area contributed by atoms with Crippen LogP contribution in [-0.2, 0) is 11.8 Å². The van der Waals surface area contributed by atoms with Gasteiger partial charge in [-0.3, -0.25) is 4.79 Å². The molecule has 2 aliphatic rings. The highest BCUT2D eigenvalue weighted by molar-refractivity contribution is 7.08. The molecular weight excluding hydrogens is 362 g/mol. The minimum absolute atomic E-state index is 0.0764. The molecule has 1 fully saturated rings. The zero-order valence-electron chi connectivity index (χ0n) is 17.7. The van der Waals surface area contributed by atoms with Crippen molar-refractivity contribution in [1.82, 2.24) is 5.32 Å². The second kappa shape index (κ2) is 7.33. The fourth-order valence-corrected chi connectivity index (χ4v) is 6.63. The van der Waals surface area contributed by atoms with Crippen LogP contribution in [0.25, 0.3) is 0 Å². The molecule has 0 spiro atoms. The Hall–Kier alpha value is -1.61. The molecule has 2 nitrogen and oxygen atoms in total. The average molecular weight is 396 g/mol. The summed E-state index contributed by atoms with van der Waals surface area (Å²) in [5.74, 6) is 1.28. The molecule has 2 aliphatic carbocycles. The Morgan fingerprint density at radius 2 is 2.07 bits per heavy atom. The summed E-state index contributed by atoms with van der Waals surface area (Å²) in [4.78, 5) is 12.5. The predicted octanol–water partition coefficient (Wildman–Crippen LogP) is 6.31. The molecule has 1 amide bonds. The third kappa shape index (κ3) is 3.32. The van der Waals surface area contributed by atoms with Crippen LogP contribution in [0.1, 0.15) is 86.3 Å². The standard InChI is InChI=1S/C25H33NOS/c1-17(2)18-6-8-21-19(14-18)7-9-22-24(3,11-5-12-25(21,22)4)16-26-23(27)20-10-13-28-15-20/h6,8,10,13-15,17,22H,5,7,9,11-12,16H2,1-4H3,(H,26,27)/t22-,24-,25+/m0/s1. The van der Waals surface area contributed by atoms with E-state index in [1.165, 1.54) is 37.7 Å². The Bertz CT molecular complexity index is 855. The van der Waals surface area contributed by atoms with Crippen LogP contribution in [0.2, 0.25) is 0 Å². The number of carbonyl (C=O) groups excluding carboxylic acids is 1. The van der Waals surface area contributed by atoms with Crippen LogP contribution in [0.3, 0.4) is 0 Å². The molecule has 1 aromatic heterocycles. The number of benzene rings is 1. The largest absolute Gasteiger partial charge is 0.351 e. The van der Waals surface area contributed by atoms with Crippen molar-refractivity contribution in [3.63, 3.8) is 0 Å². The molecule has 4 rings (SSSR count). The highest BCUT2D eigenvalue weighted by Crippen LogP contribution is 2.57. The van der Waals surface area contributed by atoms with E-state index in [1.807, 2.05) is 16.8 Å². The van der Waals surface area contributed by atoms with Gasteiger partial charge in [-0.2, -0.15) is 11.3 Å². The third-order valence-electron chi connectivity index (χ3n) is 7.60. The first-order valence-corrected chi connectivity index (χ1v) is 11.7. The molecule has 1 N–H and O–H groups in total. The summed E-state index contributed by atoms with van der Waals surface area (Å²) in [5, 5.41) is 7.17. The van der Waals surface area contributed by atoms with Crippen molar-refractivity contribution in [2.75, 3.05) is 6.54 Å². The topological polar surface area (TPSA) is 29.1 Å². The lowest BCUT2D eigenvalue weighted by molar-refractivity contribution is 0.0254. The molecule has 0 bridgehead atoms. The van der Waals surface area contributed by atoms with Crippen LogP contribution in [0.5, 0.6) is 0 Å². The number of amides is 1. The quantitative estimate of drug-likeness (QED) is 0.645. The van der Waals surface area contributed by atoms with E-state index < -0.39 is 0 Å². The van der Waals surface area contributed by atoms with Gasteiger partial charge in [0.15, 0.2) is 0 Å². The molecular formula is C25H33NOS.